The van der Waals surface area contributed by atoms with Crippen LogP contribution in [0.25, 0.3) is 0 Å². The van der Waals surface area contributed by atoms with Crippen LogP contribution in [0.3, 0.4) is 0 Å². The Hall–Kier alpha value is -1.79. The molecular formula is C14H27N3O4. The van der Waals surface area contributed by atoms with Crippen molar-refractivity contribution in [3.8, 4) is 0 Å². The summed E-state index contributed by atoms with van der Waals surface area (Å²) in [5.41, 5.74) is 4.45. The summed E-state index contributed by atoms with van der Waals surface area (Å²) in [5.74, 6) is -1.09. The first-order valence-electron chi connectivity index (χ1n) is 7.07. The van der Waals surface area contributed by atoms with Gasteiger partial charge in [0.2, 0.25) is 5.91 Å². The van der Waals surface area contributed by atoms with Crippen molar-refractivity contribution >= 4 is 17.9 Å². The minimum atomic E-state index is -0.807. The van der Waals surface area contributed by atoms with Crippen molar-refractivity contribution < 1.29 is 19.1 Å². The molecule has 0 aromatic rings. The molecule has 2 unspecified atom stereocenters. The molecule has 0 heterocycles. The van der Waals surface area contributed by atoms with Crippen LogP contribution in [0.2, 0.25) is 0 Å². The first kappa shape index (κ1) is 19.2. The molecule has 3 atom stereocenters. The van der Waals surface area contributed by atoms with E-state index in [2.05, 4.69) is 10.6 Å². The number of primary amides is 1. The van der Waals surface area contributed by atoms with Crippen LogP contribution in [0.4, 0.5) is 4.79 Å². The van der Waals surface area contributed by atoms with Gasteiger partial charge in [0.25, 0.3) is 0 Å². The standard InChI is InChI=1S/C14H27N3O4/c1-7-8(2)10(17-13(15)20)11(18)16-9(3)12(19)21-14(4,5)6/h8-10H,7H2,1-6H3,(H,16,18)(H3,15,17,20)/t8?,9-,10?/m0/s1. The summed E-state index contributed by atoms with van der Waals surface area (Å²) in [6, 6.07) is -2.37. The van der Waals surface area contributed by atoms with Crippen molar-refractivity contribution in [2.24, 2.45) is 11.7 Å². The molecule has 0 aromatic heterocycles. The number of amides is 3. The lowest BCUT2D eigenvalue weighted by atomic mass is 9.98. The summed E-state index contributed by atoms with van der Waals surface area (Å²) in [5, 5.41) is 4.94. The average Bonchev–Trinajstić information content (AvgIpc) is 2.32. The number of hydrogen-bond donors (Lipinski definition) is 3. The van der Waals surface area contributed by atoms with Crippen molar-refractivity contribution in [1.29, 1.82) is 0 Å². The highest BCUT2D eigenvalue weighted by Gasteiger charge is 2.29. The second-order valence-corrected chi connectivity index (χ2v) is 6.14. The minimum Gasteiger partial charge on any atom is -0.458 e. The van der Waals surface area contributed by atoms with Gasteiger partial charge in [0, 0.05) is 0 Å². The summed E-state index contributed by atoms with van der Waals surface area (Å²) in [6.45, 7) is 10.5. The van der Waals surface area contributed by atoms with Crippen LogP contribution in [0.15, 0.2) is 0 Å². The van der Waals surface area contributed by atoms with Crippen LogP contribution in [-0.4, -0.2) is 35.6 Å². The first-order valence-corrected chi connectivity index (χ1v) is 7.07. The molecule has 0 aliphatic carbocycles. The van der Waals surface area contributed by atoms with Gasteiger partial charge in [-0.1, -0.05) is 20.3 Å². The summed E-state index contributed by atoms with van der Waals surface area (Å²) < 4.78 is 5.18. The van der Waals surface area contributed by atoms with Gasteiger partial charge in [0.15, 0.2) is 0 Å². The average molecular weight is 301 g/mol. The van der Waals surface area contributed by atoms with Crippen LogP contribution in [0.5, 0.6) is 0 Å². The van der Waals surface area contributed by atoms with E-state index in [1.54, 1.807) is 20.8 Å². The molecule has 0 aromatic carbocycles. The molecule has 122 valence electrons. The zero-order valence-electron chi connectivity index (χ0n) is 13.6. The number of urea groups is 1. The molecule has 0 fully saturated rings. The van der Waals surface area contributed by atoms with E-state index >= 15 is 0 Å². The molecule has 0 bridgehead atoms. The van der Waals surface area contributed by atoms with E-state index in [0.717, 1.165) is 0 Å². The van der Waals surface area contributed by atoms with Crippen molar-refractivity contribution in [2.75, 3.05) is 0 Å². The van der Waals surface area contributed by atoms with E-state index < -0.39 is 35.6 Å². The Labute approximate surface area is 126 Å². The predicted molar refractivity (Wildman–Crippen MR) is 79.4 cm³/mol. The summed E-state index contributed by atoms with van der Waals surface area (Å²) in [4.78, 5) is 35.0. The van der Waals surface area contributed by atoms with Crippen molar-refractivity contribution in [1.82, 2.24) is 10.6 Å². The van der Waals surface area contributed by atoms with Crippen molar-refractivity contribution in [3.05, 3.63) is 0 Å². The molecule has 0 aliphatic rings. The Morgan fingerprint density at radius 3 is 2.05 bits per heavy atom. The Balaban J connectivity index is 4.74. The van der Waals surface area contributed by atoms with Crippen LogP contribution < -0.4 is 16.4 Å². The van der Waals surface area contributed by atoms with E-state index in [1.807, 2.05) is 13.8 Å². The minimum absolute atomic E-state index is 0.108. The smallest absolute Gasteiger partial charge is 0.328 e. The topological polar surface area (TPSA) is 111 Å². The number of ether oxygens (including phenoxy) is 1. The lowest BCUT2D eigenvalue weighted by Crippen LogP contribution is -2.55. The van der Waals surface area contributed by atoms with Crippen molar-refractivity contribution in [2.45, 2.75) is 65.6 Å². The Kier molecular flexibility index (Phi) is 7.18. The largest absolute Gasteiger partial charge is 0.458 e. The molecule has 7 heteroatoms. The summed E-state index contributed by atoms with van der Waals surface area (Å²) >= 11 is 0. The fourth-order valence-electron chi connectivity index (χ4n) is 1.61. The third-order valence-electron chi connectivity index (χ3n) is 2.91. The lowest BCUT2D eigenvalue weighted by molar-refractivity contribution is -0.158. The predicted octanol–water partition coefficient (Wildman–Crippen LogP) is 0.916. The van der Waals surface area contributed by atoms with Crippen LogP contribution in [0.1, 0.15) is 48.0 Å². The molecule has 0 saturated heterocycles. The molecule has 0 rings (SSSR count). The van der Waals surface area contributed by atoms with Gasteiger partial charge in [0.1, 0.15) is 17.7 Å². The zero-order valence-corrected chi connectivity index (χ0v) is 13.6. The molecule has 0 saturated carbocycles. The third-order valence-corrected chi connectivity index (χ3v) is 2.91. The van der Waals surface area contributed by atoms with Gasteiger partial charge in [0.05, 0.1) is 0 Å². The number of carbonyl (C=O) groups is 3. The fourth-order valence-corrected chi connectivity index (χ4v) is 1.61. The molecule has 7 nitrogen and oxygen atoms in total. The van der Waals surface area contributed by atoms with Gasteiger partial charge in [-0.2, -0.15) is 0 Å². The van der Waals surface area contributed by atoms with Gasteiger partial charge in [-0.25, -0.2) is 9.59 Å². The summed E-state index contributed by atoms with van der Waals surface area (Å²) in [7, 11) is 0. The lowest BCUT2D eigenvalue weighted by Gasteiger charge is -2.26. The van der Waals surface area contributed by atoms with Gasteiger partial charge in [-0.15, -0.1) is 0 Å². The number of nitrogens with one attached hydrogen (secondary N) is 2. The van der Waals surface area contributed by atoms with E-state index in [9.17, 15) is 14.4 Å². The monoisotopic (exact) mass is 301 g/mol. The molecular weight excluding hydrogens is 274 g/mol. The van der Waals surface area contributed by atoms with Gasteiger partial charge >= 0.3 is 12.0 Å². The second-order valence-electron chi connectivity index (χ2n) is 6.14. The van der Waals surface area contributed by atoms with Crippen molar-refractivity contribution in [3.63, 3.8) is 0 Å². The van der Waals surface area contributed by atoms with E-state index in [-0.39, 0.29) is 5.92 Å². The number of hydrogen-bond acceptors (Lipinski definition) is 4. The Morgan fingerprint density at radius 1 is 1.14 bits per heavy atom. The highest BCUT2D eigenvalue weighted by atomic mass is 16.6. The third kappa shape index (κ3) is 7.53. The maximum atomic E-state index is 12.2. The highest BCUT2D eigenvalue weighted by molar-refractivity contribution is 5.90. The molecule has 3 amide bonds. The number of carbonyl (C=O) groups excluding carboxylic acids is 3. The first-order chi connectivity index (χ1) is 9.47. The number of nitrogens with two attached hydrogens (primary N) is 1. The molecule has 21 heavy (non-hydrogen) atoms. The van der Waals surface area contributed by atoms with Gasteiger partial charge in [-0.05, 0) is 33.6 Å². The Morgan fingerprint density at radius 2 is 1.67 bits per heavy atom. The maximum absolute atomic E-state index is 12.2. The summed E-state index contributed by atoms with van der Waals surface area (Å²) in [6.07, 6.45) is 0.680. The highest BCUT2D eigenvalue weighted by Crippen LogP contribution is 2.10. The zero-order chi connectivity index (χ0) is 16.8. The van der Waals surface area contributed by atoms with E-state index in [0.29, 0.717) is 6.42 Å². The molecule has 0 aliphatic heterocycles. The maximum Gasteiger partial charge on any atom is 0.328 e. The SMILES string of the molecule is CCC(C)C(NC(N)=O)C(=O)N[C@@H](C)C(=O)OC(C)(C)C. The van der Waals surface area contributed by atoms with Crippen LogP contribution >= 0.6 is 0 Å². The molecule has 0 spiro atoms. The molecule has 0 radical (unpaired) electrons. The normalized spacial score (nSPS) is 15.5. The molecule has 4 N–H and O–H groups in total. The van der Waals surface area contributed by atoms with Gasteiger partial charge < -0.3 is 21.1 Å². The van der Waals surface area contributed by atoms with E-state index in [4.69, 9.17) is 10.5 Å². The number of rotatable bonds is 6. The number of esters is 1. The fraction of sp³-hybridized carbons (Fsp3) is 0.786. The van der Waals surface area contributed by atoms with Crippen LogP contribution in [0, 0.1) is 5.92 Å². The van der Waals surface area contributed by atoms with Crippen LogP contribution in [-0.2, 0) is 14.3 Å². The second kappa shape index (κ2) is 7.85. The quantitative estimate of drug-likeness (QED) is 0.633. The van der Waals surface area contributed by atoms with Gasteiger partial charge in [-0.3, -0.25) is 4.79 Å². The van der Waals surface area contributed by atoms with E-state index in [1.165, 1.54) is 6.92 Å². The Bertz CT molecular complexity index is 390.